The highest BCUT2D eigenvalue weighted by Gasteiger charge is 2.30. The third-order valence-corrected chi connectivity index (χ3v) is 6.90. The van der Waals surface area contributed by atoms with Crippen molar-refractivity contribution in [1.82, 2.24) is 5.32 Å². The van der Waals surface area contributed by atoms with Crippen LogP contribution in [0.25, 0.3) is 0 Å². The first-order chi connectivity index (χ1) is 9.57. The monoisotopic (exact) mass is 333 g/mol. The highest BCUT2D eigenvalue weighted by molar-refractivity contribution is 7.95. The smallest absolute Gasteiger partial charge is 0.155 e. The summed E-state index contributed by atoms with van der Waals surface area (Å²) < 4.78 is 47.0. The van der Waals surface area contributed by atoms with E-state index in [1.807, 2.05) is 31.2 Å². The molecule has 0 aliphatic rings. The summed E-state index contributed by atoms with van der Waals surface area (Å²) >= 11 is 0. The van der Waals surface area contributed by atoms with Crippen LogP contribution in [0.15, 0.2) is 24.3 Å². The quantitative estimate of drug-likeness (QED) is 0.808. The number of sulfone groups is 2. The molecule has 0 spiro atoms. The largest absolute Gasteiger partial charge is 0.312 e. The molecule has 0 radical (unpaired) electrons. The summed E-state index contributed by atoms with van der Waals surface area (Å²) in [6, 6.07) is 7.26. The fraction of sp³-hybridized carbons (Fsp3) is 0.571. The fourth-order valence-electron chi connectivity index (χ4n) is 2.11. The minimum atomic E-state index is -3.50. The Balaban J connectivity index is 2.97. The van der Waals surface area contributed by atoms with E-state index in [4.69, 9.17) is 0 Å². The third-order valence-electron chi connectivity index (χ3n) is 3.52. The van der Waals surface area contributed by atoms with Gasteiger partial charge >= 0.3 is 0 Å². The lowest BCUT2D eigenvalue weighted by atomic mass is 10.0. The molecule has 5 nitrogen and oxygen atoms in total. The minimum absolute atomic E-state index is 0.343. The Labute approximate surface area is 127 Å². The molecule has 1 aromatic rings. The van der Waals surface area contributed by atoms with E-state index < -0.39 is 24.9 Å². The predicted molar refractivity (Wildman–Crippen MR) is 85.9 cm³/mol. The van der Waals surface area contributed by atoms with E-state index in [9.17, 15) is 16.8 Å². The number of nitrogens with one attached hydrogen (secondary N) is 1. The first-order valence-corrected chi connectivity index (χ1v) is 10.5. The van der Waals surface area contributed by atoms with Crippen LogP contribution in [0, 0.1) is 6.92 Å². The van der Waals surface area contributed by atoms with Crippen molar-refractivity contribution in [1.29, 1.82) is 0 Å². The second-order valence-corrected chi connectivity index (χ2v) is 10.1. The van der Waals surface area contributed by atoms with Crippen molar-refractivity contribution >= 4 is 19.7 Å². The van der Waals surface area contributed by atoms with Gasteiger partial charge in [-0.2, -0.15) is 0 Å². The van der Waals surface area contributed by atoms with E-state index in [0.29, 0.717) is 0 Å². The lowest BCUT2D eigenvalue weighted by Crippen LogP contribution is -2.36. The maximum absolute atomic E-state index is 12.3. The maximum atomic E-state index is 12.3. The van der Waals surface area contributed by atoms with Crippen LogP contribution in [-0.4, -0.2) is 46.9 Å². The Morgan fingerprint density at radius 1 is 1.05 bits per heavy atom. The molecule has 0 bridgehead atoms. The van der Waals surface area contributed by atoms with Crippen LogP contribution >= 0.6 is 0 Å². The second kappa shape index (κ2) is 6.89. The van der Waals surface area contributed by atoms with Gasteiger partial charge in [-0.1, -0.05) is 29.8 Å². The van der Waals surface area contributed by atoms with Gasteiger partial charge in [0.25, 0.3) is 0 Å². The molecule has 1 rings (SSSR count). The normalized spacial score (nSPS) is 15.6. The molecule has 120 valence electrons. The van der Waals surface area contributed by atoms with Crippen LogP contribution in [0.5, 0.6) is 0 Å². The van der Waals surface area contributed by atoms with E-state index in [1.165, 1.54) is 0 Å². The van der Waals surface area contributed by atoms with Gasteiger partial charge in [0.15, 0.2) is 9.84 Å². The number of benzene rings is 1. The SMILES string of the molecule is CNC(c1ccc(C)cc1)C(C)S(=O)(=O)CCS(C)(=O)=O. The maximum Gasteiger partial charge on any atom is 0.155 e. The molecule has 0 aromatic heterocycles. The van der Waals surface area contributed by atoms with Gasteiger partial charge in [0.1, 0.15) is 9.84 Å². The van der Waals surface area contributed by atoms with Gasteiger partial charge in [0.05, 0.1) is 16.8 Å². The minimum Gasteiger partial charge on any atom is -0.312 e. The van der Waals surface area contributed by atoms with Crippen molar-refractivity contribution in [3.63, 3.8) is 0 Å². The molecule has 0 aliphatic heterocycles. The lowest BCUT2D eigenvalue weighted by molar-refractivity contribution is 0.531. The molecule has 0 heterocycles. The van der Waals surface area contributed by atoms with E-state index in [0.717, 1.165) is 17.4 Å². The Morgan fingerprint density at radius 2 is 1.57 bits per heavy atom. The van der Waals surface area contributed by atoms with Crippen molar-refractivity contribution in [2.75, 3.05) is 24.8 Å². The summed E-state index contributed by atoms with van der Waals surface area (Å²) in [6.07, 6.45) is 1.04. The molecule has 7 heteroatoms. The van der Waals surface area contributed by atoms with Crippen molar-refractivity contribution in [2.24, 2.45) is 0 Å². The fourth-order valence-corrected chi connectivity index (χ4v) is 5.33. The van der Waals surface area contributed by atoms with Crippen LogP contribution in [-0.2, 0) is 19.7 Å². The summed E-state index contributed by atoms with van der Waals surface area (Å²) in [5, 5.41) is 2.31. The van der Waals surface area contributed by atoms with Crippen molar-refractivity contribution in [2.45, 2.75) is 25.1 Å². The van der Waals surface area contributed by atoms with Gasteiger partial charge in [-0.25, -0.2) is 16.8 Å². The van der Waals surface area contributed by atoms with E-state index in [2.05, 4.69) is 5.32 Å². The van der Waals surface area contributed by atoms with E-state index in [-0.39, 0.29) is 17.5 Å². The zero-order valence-corrected chi connectivity index (χ0v) is 14.5. The number of hydrogen-bond acceptors (Lipinski definition) is 5. The predicted octanol–water partition coefficient (Wildman–Crippen LogP) is 1.10. The van der Waals surface area contributed by atoms with Crippen molar-refractivity contribution in [3.05, 3.63) is 35.4 Å². The molecular weight excluding hydrogens is 310 g/mol. The molecule has 1 aromatic carbocycles. The van der Waals surface area contributed by atoms with Crippen molar-refractivity contribution in [3.8, 4) is 0 Å². The van der Waals surface area contributed by atoms with Crippen LogP contribution in [0.1, 0.15) is 24.1 Å². The summed E-state index contributed by atoms with van der Waals surface area (Å²) in [5.41, 5.74) is 1.97. The Bertz CT molecular complexity index is 663. The zero-order valence-electron chi connectivity index (χ0n) is 12.8. The van der Waals surface area contributed by atoms with E-state index in [1.54, 1.807) is 14.0 Å². The van der Waals surface area contributed by atoms with Crippen LogP contribution in [0.2, 0.25) is 0 Å². The molecule has 0 amide bonds. The van der Waals surface area contributed by atoms with Crippen molar-refractivity contribution < 1.29 is 16.8 Å². The lowest BCUT2D eigenvalue weighted by Gasteiger charge is -2.24. The van der Waals surface area contributed by atoms with Crippen LogP contribution < -0.4 is 5.32 Å². The molecular formula is C14H23NO4S2. The molecule has 0 saturated heterocycles. The third kappa shape index (κ3) is 5.41. The molecule has 21 heavy (non-hydrogen) atoms. The Kier molecular flexibility index (Phi) is 5.95. The Hall–Kier alpha value is -0.920. The van der Waals surface area contributed by atoms with Gasteiger partial charge in [0.2, 0.25) is 0 Å². The molecule has 0 aliphatic carbocycles. The average Bonchev–Trinajstić information content (AvgIpc) is 2.39. The standard InChI is InChI=1S/C14H23NO4S2/c1-11-5-7-13(8-6-11)14(15-3)12(2)21(18,19)10-9-20(4,16)17/h5-8,12,14-15H,9-10H2,1-4H3. The summed E-state index contributed by atoms with van der Waals surface area (Å²) in [6.45, 7) is 3.57. The van der Waals surface area contributed by atoms with Gasteiger partial charge in [-0.05, 0) is 26.5 Å². The first kappa shape index (κ1) is 18.1. The molecule has 0 fully saturated rings. The molecule has 0 saturated carbocycles. The highest BCUT2D eigenvalue weighted by Crippen LogP contribution is 2.23. The first-order valence-electron chi connectivity index (χ1n) is 6.70. The van der Waals surface area contributed by atoms with Gasteiger partial charge in [0, 0.05) is 12.3 Å². The number of hydrogen-bond donors (Lipinski definition) is 1. The summed E-state index contributed by atoms with van der Waals surface area (Å²) in [5.74, 6) is -0.693. The second-order valence-electron chi connectivity index (χ2n) is 5.38. The summed E-state index contributed by atoms with van der Waals surface area (Å²) in [4.78, 5) is 0. The van der Waals surface area contributed by atoms with Crippen LogP contribution in [0.4, 0.5) is 0 Å². The molecule has 1 N–H and O–H groups in total. The topological polar surface area (TPSA) is 80.3 Å². The highest BCUT2D eigenvalue weighted by atomic mass is 32.2. The Morgan fingerprint density at radius 3 is 2.00 bits per heavy atom. The van der Waals surface area contributed by atoms with E-state index >= 15 is 0 Å². The average molecular weight is 333 g/mol. The molecule has 2 unspecified atom stereocenters. The number of rotatable bonds is 7. The van der Waals surface area contributed by atoms with Gasteiger partial charge < -0.3 is 5.32 Å². The zero-order chi connectivity index (χ0) is 16.3. The molecule has 2 atom stereocenters. The van der Waals surface area contributed by atoms with Gasteiger partial charge in [-0.3, -0.25) is 0 Å². The summed E-state index contributed by atoms with van der Waals surface area (Å²) in [7, 11) is -5.10. The van der Waals surface area contributed by atoms with Crippen LogP contribution in [0.3, 0.4) is 0 Å². The number of aryl methyl sites for hydroxylation is 1. The van der Waals surface area contributed by atoms with Gasteiger partial charge in [-0.15, -0.1) is 0 Å².